The number of aryl methyl sites for hydroxylation is 4. The van der Waals surface area contributed by atoms with E-state index in [1.54, 1.807) is 16.1 Å². The highest BCUT2D eigenvalue weighted by atomic mass is 32.1. The van der Waals surface area contributed by atoms with E-state index in [9.17, 15) is 0 Å². The second-order valence-corrected chi connectivity index (χ2v) is 8.79. The summed E-state index contributed by atoms with van der Waals surface area (Å²) < 4.78 is 0. The number of nitrogens with zero attached hydrogens (tertiary/aromatic N) is 4. The molecule has 0 unspecified atom stereocenters. The van der Waals surface area contributed by atoms with Crippen molar-refractivity contribution in [3.8, 4) is 22.5 Å². The van der Waals surface area contributed by atoms with Gasteiger partial charge in [-0.2, -0.15) is 15.0 Å². The van der Waals surface area contributed by atoms with Crippen LogP contribution in [-0.2, 0) is 19.9 Å². The second kappa shape index (κ2) is 9.81. The topological polar surface area (TPSA) is 43.6 Å². The summed E-state index contributed by atoms with van der Waals surface area (Å²) in [5, 5.41) is 12.6. The lowest BCUT2D eigenvalue weighted by atomic mass is 10.00. The lowest BCUT2D eigenvalue weighted by Crippen LogP contribution is -1.92. The van der Waals surface area contributed by atoms with Crippen molar-refractivity contribution in [2.45, 2.75) is 45.4 Å². The number of hydrogen-bond donors (Lipinski definition) is 0. The summed E-state index contributed by atoms with van der Waals surface area (Å²) >= 11 is 1.75. The molecule has 154 valence electrons. The summed E-state index contributed by atoms with van der Waals surface area (Å²) in [6.07, 6.45) is 7.17. The van der Waals surface area contributed by atoms with Crippen LogP contribution in [0.2, 0.25) is 0 Å². The molecule has 0 aliphatic rings. The molecule has 0 aliphatic carbocycles. The first-order chi connectivity index (χ1) is 14.7. The zero-order valence-electron chi connectivity index (χ0n) is 17.7. The summed E-state index contributed by atoms with van der Waals surface area (Å²) in [4.78, 5) is 6.21. The van der Waals surface area contributed by atoms with Gasteiger partial charge in [-0.3, -0.25) is 0 Å². The Labute approximate surface area is 182 Å². The predicted molar refractivity (Wildman–Crippen MR) is 125 cm³/mol. The van der Waals surface area contributed by atoms with Crippen LogP contribution in [0.25, 0.3) is 22.5 Å². The number of benzene rings is 2. The number of thiazole rings is 1. The molecule has 0 aliphatic heterocycles. The van der Waals surface area contributed by atoms with Gasteiger partial charge in [-0.1, -0.05) is 61.4 Å². The van der Waals surface area contributed by atoms with Crippen molar-refractivity contribution in [3.05, 3.63) is 76.2 Å². The van der Waals surface area contributed by atoms with E-state index in [2.05, 4.69) is 63.9 Å². The van der Waals surface area contributed by atoms with Crippen LogP contribution in [0.1, 0.15) is 41.9 Å². The van der Waals surface area contributed by atoms with Gasteiger partial charge >= 0.3 is 0 Å². The van der Waals surface area contributed by atoms with E-state index < -0.39 is 0 Å². The first-order valence-corrected chi connectivity index (χ1v) is 11.5. The average Bonchev–Trinajstić information content (AvgIpc) is 3.37. The van der Waals surface area contributed by atoms with Crippen LogP contribution in [0.15, 0.2) is 60.0 Å². The molecule has 0 saturated heterocycles. The maximum atomic E-state index is 4.65. The fourth-order valence-electron chi connectivity index (χ4n) is 3.78. The van der Waals surface area contributed by atoms with Gasteiger partial charge in [-0.25, -0.2) is 4.98 Å². The maximum Gasteiger partial charge on any atom is 0.121 e. The highest BCUT2D eigenvalue weighted by Gasteiger charge is 2.14. The second-order valence-electron chi connectivity index (χ2n) is 7.73. The fourth-order valence-corrected chi connectivity index (χ4v) is 4.42. The number of rotatable bonds is 9. The van der Waals surface area contributed by atoms with Gasteiger partial charge in [0.1, 0.15) is 11.4 Å². The van der Waals surface area contributed by atoms with Gasteiger partial charge in [-0.05, 0) is 44.2 Å². The van der Waals surface area contributed by atoms with Crippen molar-refractivity contribution < 1.29 is 0 Å². The van der Waals surface area contributed by atoms with Crippen molar-refractivity contribution >= 4 is 11.3 Å². The average molecular weight is 417 g/mol. The minimum atomic E-state index is 0.938. The van der Waals surface area contributed by atoms with Crippen molar-refractivity contribution in [1.82, 2.24) is 20.0 Å². The van der Waals surface area contributed by atoms with Gasteiger partial charge in [0.2, 0.25) is 0 Å². The molecule has 2 aromatic heterocycles. The third kappa shape index (κ3) is 5.22. The summed E-state index contributed by atoms with van der Waals surface area (Å²) in [6.45, 7) is 2.08. The van der Waals surface area contributed by atoms with Gasteiger partial charge in [-0.15, -0.1) is 11.3 Å². The van der Waals surface area contributed by atoms with E-state index in [1.165, 1.54) is 41.9 Å². The number of unbranched alkanes of at least 4 members (excludes halogenated alkanes) is 3. The van der Waals surface area contributed by atoms with E-state index in [4.69, 9.17) is 0 Å². The molecule has 0 fully saturated rings. The summed E-state index contributed by atoms with van der Waals surface area (Å²) in [7, 11) is 1.88. The lowest BCUT2D eigenvalue weighted by molar-refractivity contribution is 0.636. The molecule has 2 heterocycles. The Kier molecular flexibility index (Phi) is 6.70. The molecular weight excluding hydrogens is 388 g/mol. The van der Waals surface area contributed by atoms with Gasteiger partial charge in [0.05, 0.1) is 10.7 Å². The Morgan fingerprint density at radius 3 is 2.23 bits per heavy atom. The molecule has 0 bridgehead atoms. The maximum absolute atomic E-state index is 4.65. The molecule has 0 spiro atoms. The quantitative estimate of drug-likeness (QED) is 0.302. The third-order valence-electron chi connectivity index (χ3n) is 5.28. The SMILES string of the molecule is Cc1nc(CCCCCCc2cccc(-c3nn(C)nc3-c3ccccc3)c2)cs1. The van der Waals surface area contributed by atoms with Crippen LogP contribution in [0.5, 0.6) is 0 Å². The summed E-state index contributed by atoms with van der Waals surface area (Å²) in [5.41, 5.74) is 6.74. The Balaban J connectivity index is 1.34. The van der Waals surface area contributed by atoms with Crippen LogP contribution in [0.3, 0.4) is 0 Å². The monoisotopic (exact) mass is 416 g/mol. The van der Waals surface area contributed by atoms with Gasteiger partial charge < -0.3 is 0 Å². The van der Waals surface area contributed by atoms with Gasteiger partial charge in [0.25, 0.3) is 0 Å². The molecule has 4 aromatic rings. The van der Waals surface area contributed by atoms with Gasteiger partial charge in [0, 0.05) is 23.6 Å². The predicted octanol–water partition coefficient (Wildman–Crippen LogP) is 6.26. The zero-order valence-corrected chi connectivity index (χ0v) is 18.5. The molecule has 4 nitrogen and oxygen atoms in total. The first-order valence-electron chi connectivity index (χ1n) is 10.7. The van der Waals surface area contributed by atoms with Gasteiger partial charge in [0.15, 0.2) is 0 Å². The number of aromatic nitrogens is 4. The number of hydrogen-bond acceptors (Lipinski definition) is 4. The Hall–Kier alpha value is -2.79. The van der Waals surface area contributed by atoms with Crippen LogP contribution >= 0.6 is 11.3 Å². The minimum absolute atomic E-state index is 0.938. The third-order valence-corrected chi connectivity index (χ3v) is 6.10. The summed E-state index contributed by atoms with van der Waals surface area (Å²) in [6, 6.07) is 19.1. The van der Waals surface area contributed by atoms with E-state index in [0.717, 1.165) is 35.4 Å². The molecule has 4 rings (SSSR count). The fraction of sp³-hybridized carbons (Fsp3) is 0.320. The Morgan fingerprint density at radius 1 is 0.800 bits per heavy atom. The van der Waals surface area contributed by atoms with Crippen LogP contribution < -0.4 is 0 Å². The van der Waals surface area contributed by atoms with Crippen molar-refractivity contribution in [2.75, 3.05) is 0 Å². The Bertz CT molecular complexity index is 1080. The molecule has 0 radical (unpaired) electrons. The zero-order chi connectivity index (χ0) is 20.8. The van der Waals surface area contributed by atoms with Crippen LogP contribution in [0.4, 0.5) is 0 Å². The molecule has 5 heteroatoms. The van der Waals surface area contributed by atoms with Crippen molar-refractivity contribution in [3.63, 3.8) is 0 Å². The van der Waals surface area contributed by atoms with E-state index >= 15 is 0 Å². The lowest BCUT2D eigenvalue weighted by Gasteiger charge is -2.06. The van der Waals surface area contributed by atoms with E-state index in [0.29, 0.717) is 0 Å². The molecule has 30 heavy (non-hydrogen) atoms. The van der Waals surface area contributed by atoms with Crippen molar-refractivity contribution in [2.24, 2.45) is 7.05 Å². The molecule has 0 amide bonds. The standard InChI is InChI=1S/C25H28N4S/c1-19-26-23(18-30-19)16-9-4-3-6-11-20-12-10-15-22(17-20)25-24(27-29(2)28-25)21-13-7-5-8-14-21/h5,7-8,10,12-15,17-18H,3-4,6,9,11,16H2,1-2H3. The smallest absolute Gasteiger partial charge is 0.121 e. The summed E-state index contributed by atoms with van der Waals surface area (Å²) in [5.74, 6) is 0. The van der Waals surface area contributed by atoms with Crippen LogP contribution in [-0.4, -0.2) is 20.0 Å². The molecular formula is C25H28N4S. The molecule has 2 aromatic carbocycles. The highest BCUT2D eigenvalue weighted by Crippen LogP contribution is 2.29. The minimum Gasteiger partial charge on any atom is -0.247 e. The molecule has 0 N–H and O–H groups in total. The van der Waals surface area contributed by atoms with Crippen molar-refractivity contribution in [1.29, 1.82) is 0 Å². The van der Waals surface area contributed by atoms with E-state index in [-0.39, 0.29) is 0 Å². The highest BCUT2D eigenvalue weighted by molar-refractivity contribution is 7.09. The molecule has 0 saturated carbocycles. The normalized spacial score (nSPS) is 11.1. The van der Waals surface area contributed by atoms with Crippen LogP contribution in [0, 0.1) is 6.92 Å². The molecule has 0 atom stereocenters. The Morgan fingerprint density at radius 2 is 1.50 bits per heavy atom. The largest absolute Gasteiger partial charge is 0.247 e. The van der Waals surface area contributed by atoms with E-state index in [1.807, 2.05) is 25.2 Å². The first kappa shape index (κ1) is 20.5.